The molecule has 1 aliphatic rings. The smallest absolute Gasteiger partial charge is 0.337 e. The number of rotatable bonds is 7. The molecule has 0 spiro atoms. The molecule has 2 aromatic heterocycles. The number of nitrogens with one attached hydrogen (secondary N) is 2. The summed E-state index contributed by atoms with van der Waals surface area (Å²) in [6.07, 6.45) is 1.75. The Hall–Kier alpha value is -4.50. The number of ether oxygens (including phenoxy) is 1. The Kier molecular flexibility index (Phi) is 7.66. The largest absolute Gasteiger partial charge is 0.465 e. The van der Waals surface area contributed by atoms with E-state index in [9.17, 15) is 9.59 Å². The summed E-state index contributed by atoms with van der Waals surface area (Å²) in [5, 5.41) is 6.95. The number of thiocarbonyl (C=S) groups is 1. The quantitative estimate of drug-likeness (QED) is 0.206. The van der Waals surface area contributed by atoms with E-state index in [0.717, 1.165) is 28.2 Å². The topological polar surface area (TPSA) is 96.7 Å². The number of anilines is 2. The van der Waals surface area contributed by atoms with Gasteiger partial charge in [0.2, 0.25) is 5.91 Å². The maximum atomic E-state index is 12.3. The van der Waals surface area contributed by atoms with Gasteiger partial charge in [0.15, 0.2) is 5.11 Å². The molecule has 1 fully saturated rings. The summed E-state index contributed by atoms with van der Waals surface area (Å²) < 4.78 is 11.3. The number of methoxy groups -OCH3 is 1. The van der Waals surface area contributed by atoms with Crippen LogP contribution in [0.1, 0.15) is 53.3 Å². The van der Waals surface area contributed by atoms with Crippen LogP contribution in [-0.2, 0) is 9.53 Å². The van der Waals surface area contributed by atoms with Crippen molar-refractivity contribution in [3.05, 3.63) is 102 Å². The molecule has 0 unspecified atom stereocenters. The summed E-state index contributed by atoms with van der Waals surface area (Å²) in [5.74, 6) is 0.711. The minimum Gasteiger partial charge on any atom is -0.465 e. The zero-order chi connectivity index (χ0) is 28.4. The number of esters is 1. The first-order valence-corrected chi connectivity index (χ1v) is 13.4. The molecule has 1 amide bonds. The standard InChI is InChI=1S/C31H30N4O4S/c1-18(2)29(36)33-23-12-11-22(16-19(23)3)35-28(27(34-31(35)40)24-10-5-6-15-32-24)26-14-13-25(39-26)20-8-7-9-21(17-20)30(37)38-4/h5-18,27-28H,1-4H3,(H,33,36)(H,34,40)/t27-,28+/m1/s1. The van der Waals surface area contributed by atoms with E-state index in [-0.39, 0.29) is 23.9 Å². The van der Waals surface area contributed by atoms with E-state index < -0.39 is 5.97 Å². The van der Waals surface area contributed by atoms with Crippen LogP contribution in [0.5, 0.6) is 0 Å². The van der Waals surface area contributed by atoms with Crippen LogP contribution in [0.3, 0.4) is 0 Å². The molecule has 2 N–H and O–H groups in total. The first-order valence-electron chi connectivity index (χ1n) is 13.0. The van der Waals surface area contributed by atoms with Gasteiger partial charge < -0.3 is 24.7 Å². The van der Waals surface area contributed by atoms with Gasteiger partial charge in [-0.3, -0.25) is 9.78 Å². The molecule has 4 aromatic rings. The van der Waals surface area contributed by atoms with Crippen molar-refractivity contribution in [2.24, 2.45) is 5.92 Å². The van der Waals surface area contributed by atoms with E-state index in [1.165, 1.54) is 7.11 Å². The number of hydrogen-bond acceptors (Lipinski definition) is 6. The van der Waals surface area contributed by atoms with E-state index in [0.29, 0.717) is 22.2 Å². The molecule has 5 rings (SSSR count). The summed E-state index contributed by atoms with van der Waals surface area (Å²) in [4.78, 5) is 31.0. The minimum atomic E-state index is -0.413. The first kappa shape index (κ1) is 27.1. The van der Waals surface area contributed by atoms with Gasteiger partial charge in [-0.05, 0) is 79.3 Å². The van der Waals surface area contributed by atoms with Crippen molar-refractivity contribution in [2.75, 3.05) is 17.3 Å². The highest BCUT2D eigenvalue weighted by molar-refractivity contribution is 7.80. The highest BCUT2D eigenvalue weighted by Crippen LogP contribution is 2.43. The molecule has 40 heavy (non-hydrogen) atoms. The van der Waals surface area contributed by atoms with Gasteiger partial charge in [-0.25, -0.2) is 4.79 Å². The summed E-state index contributed by atoms with van der Waals surface area (Å²) in [5.41, 5.74) is 4.53. The molecule has 0 radical (unpaired) electrons. The van der Waals surface area contributed by atoms with Crippen molar-refractivity contribution in [3.63, 3.8) is 0 Å². The third-order valence-electron chi connectivity index (χ3n) is 6.85. The van der Waals surface area contributed by atoms with Crippen molar-refractivity contribution in [1.82, 2.24) is 10.3 Å². The van der Waals surface area contributed by atoms with E-state index in [4.69, 9.17) is 21.4 Å². The fourth-order valence-electron chi connectivity index (χ4n) is 4.72. The van der Waals surface area contributed by atoms with Crippen molar-refractivity contribution in [2.45, 2.75) is 32.9 Å². The third-order valence-corrected chi connectivity index (χ3v) is 7.17. The van der Waals surface area contributed by atoms with Crippen molar-refractivity contribution >= 4 is 40.6 Å². The lowest BCUT2D eigenvalue weighted by molar-refractivity contribution is -0.118. The summed E-state index contributed by atoms with van der Waals surface area (Å²) in [7, 11) is 1.36. The fourth-order valence-corrected chi connectivity index (χ4v) is 5.07. The van der Waals surface area contributed by atoms with Gasteiger partial charge >= 0.3 is 5.97 Å². The molecule has 9 heteroatoms. The zero-order valence-corrected chi connectivity index (χ0v) is 23.5. The lowest BCUT2D eigenvalue weighted by atomic mass is 10.0. The molecular formula is C31H30N4O4S. The number of hydrogen-bond donors (Lipinski definition) is 2. The second-order valence-electron chi connectivity index (χ2n) is 9.91. The molecule has 3 heterocycles. The molecule has 1 aliphatic heterocycles. The van der Waals surface area contributed by atoms with Crippen LogP contribution in [0.15, 0.2) is 83.4 Å². The third kappa shape index (κ3) is 5.33. The van der Waals surface area contributed by atoms with Gasteiger partial charge in [-0.2, -0.15) is 0 Å². The highest BCUT2D eigenvalue weighted by atomic mass is 32.1. The Balaban J connectivity index is 1.54. The average Bonchev–Trinajstić information content (AvgIpc) is 3.59. The molecule has 0 bridgehead atoms. The monoisotopic (exact) mass is 554 g/mol. The van der Waals surface area contributed by atoms with E-state index in [1.807, 2.05) is 80.3 Å². The average molecular weight is 555 g/mol. The van der Waals surface area contributed by atoms with E-state index in [2.05, 4.69) is 15.6 Å². The summed E-state index contributed by atoms with van der Waals surface area (Å²) in [6.45, 7) is 5.68. The van der Waals surface area contributed by atoms with Crippen LogP contribution < -0.4 is 15.5 Å². The number of amides is 1. The van der Waals surface area contributed by atoms with E-state index >= 15 is 0 Å². The first-order chi connectivity index (χ1) is 19.3. The number of carbonyl (C=O) groups excluding carboxylic acids is 2. The zero-order valence-electron chi connectivity index (χ0n) is 22.7. The van der Waals surface area contributed by atoms with Crippen LogP contribution in [-0.4, -0.2) is 29.1 Å². The number of benzene rings is 2. The number of pyridine rings is 1. The normalized spacial score (nSPS) is 16.6. The van der Waals surface area contributed by atoms with Gasteiger partial charge in [-0.1, -0.05) is 32.0 Å². The molecule has 204 valence electrons. The number of furan rings is 1. The maximum absolute atomic E-state index is 12.3. The number of aromatic nitrogens is 1. The van der Waals surface area contributed by atoms with Gasteiger partial charge in [0.25, 0.3) is 0 Å². The number of aryl methyl sites for hydroxylation is 1. The van der Waals surface area contributed by atoms with Gasteiger partial charge in [0.05, 0.1) is 24.4 Å². The molecule has 0 saturated carbocycles. The second kappa shape index (κ2) is 11.3. The van der Waals surface area contributed by atoms with Crippen molar-refractivity contribution in [1.29, 1.82) is 0 Å². The predicted molar refractivity (Wildman–Crippen MR) is 158 cm³/mol. The Bertz CT molecular complexity index is 1570. The number of nitrogens with zero attached hydrogens (tertiary/aromatic N) is 2. The molecule has 2 atom stereocenters. The van der Waals surface area contributed by atoms with Gasteiger partial charge in [0, 0.05) is 29.1 Å². The SMILES string of the molecule is COC(=O)c1cccc(-c2ccc([C@H]3[C@@H](c4ccccn4)NC(=S)N3c3ccc(NC(=O)C(C)C)c(C)c3)o2)c1. The van der Waals surface area contributed by atoms with Gasteiger partial charge in [-0.15, -0.1) is 0 Å². The summed E-state index contributed by atoms with van der Waals surface area (Å²) in [6, 6.07) is 21.9. The Morgan fingerprint density at radius 1 is 1.07 bits per heavy atom. The summed E-state index contributed by atoms with van der Waals surface area (Å²) >= 11 is 5.84. The maximum Gasteiger partial charge on any atom is 0.337 e. The number of carbonyl (C=O) groups is 2. The van der Waals surface area contributed by atoms with Crippen molar-refractivity contribution in [3.8, 4) is 11.3 Å². The Labute approximate surface area is 238 Å². The highest BCUT2D eigenvalue weighted by Gasteiger charge is 2.42. The van der Waals surface area contributed by atoms with Crippen LogP contribution in [0.25, 0.3) is 11.3 Å². The van der Waals surface area contributed by atoms with Crippen LogP contribution in [0.4, 0.5) is 11.4 Å². The lowest BCUT2D eigenvalue weighted by Gasteiger charge is -2.27. The van der Waals surface area contributed by atoms with Crippen LogP contribution in [0, 0.1) is 12.8 Å². The van der Waals surface area contributed by atoms with Crippen LogP contribution >= 0.6 is 12.2 Å². The van der Waals surface area contributed by atoms with E-state index in [1.54, 1.807) is 24.4 Å². The second-order valence-corrected chi connectivity index (χ2v) is 10.3. The predicted octanol–water partition coefficient (Wildman–Crippen LogP) is 6.21. The Morgan fingerprint density at radius 3 is 2.60 bits per heavy atom. The molecule has 2 aromatic carbocycles. The van der Waals surface area contributed by atoms with Crippen molar-refractivity contribution < 1.29 is 18.7 Å². The lowest BCUT2D eigenvalue weighted by Crippen LogP contribution is -2.29. The molecule has 1 saturated heterocycles. The molecular weight excluding hydrogens is 524 g/mol. The fraction of sp³-hybridized carbons (Fsp3) is 0.226. The van der Waals surface area contributed by atoms with Crippen LogP contribution in [0.2, 0.25) is 0 Å². The Morgan fingerprint density at radius 2 is 1.90 bits per heavy atom. The molecule has 8 nitrogen and oxygen atoms in total. The molecule has 0 aliphatic carbocycles. The van der Waals surface area contributed by atoms with Gasteiger partial charge in [0.1, 0.15) is 17.6 Å². The minimum absolute atomic E-state index is 0.0401.